The van der Waals surface area contributed by atoms with Gasteiger partial charge in [0.1, 0.15) is 6.04 Å². The maximum absolute atomic E-state index is 12.6. The van der Waals surface area contributed by atoms with Crippen molar-refractivity contribution in [2.24, 2.45) is 5.92 Å². The van der Waals surface area contributed by atoms with Crippen LogP contribution >= 0.6 is 0 Å². The summed E-state index contributed by atoms with van der Waals surface area (Å²) in [7, 11) is 0. The number of hydrogen-bond acceptors (Lipinski definition) is 4. The van der Waals surface area contributed by atoms with E-state index in [1.54, 1.807) is 0 Å². The zero-order valence-corrected chi connectivity index (χ0v) is 16.3. The Labute approximate surface area is 165 Å². The molecule has 0 saturated heterocycles. The van der Waals surface area contributed by atoms with Gasteiger partial charge in [-0.25, -0.2) is 0 Å². The molecular weight excluding hydrogens is 350 g/mol. The van der Waals surface area contributed by atoms with E-state index in [9.17, 15) is 4.79 Å². The van der Waals surface area contributed by atoms with Gasteiger partial charge >= 0.3 is 0 Å². The highest BCUT2D eigenvalue weighted by atomic mass is 16.5. The van der Waals surface area contributed by atoms with Gasteiger partial charge in [0, 0.05) is 5.92 Å². The first-order valence-electron chi connectivity index (χ1n) is 9.87. The Morgan fingerprint density at radius 3 is 2.39 bits per heavy atom. The second-order valence-corrected chi connectivity index (χ2v) is 7.79. The van der Waals surface area contributed by atoms with E-state index in [1.807, 2.05) is 44.2 Å². The Balaban J connectivity index is 1.40. The van der Waals surface area contributed by atoms with Crippen molar-refractivity contribution in [3.8, 4) is 11.1 Å². The standard InChI is InChI=1S/C23H25N3O2/c1-15(2)21(23-25-22(26-28-23)19-12-13-19)24-20(27)14-16-8-10-18(11-9-16)17-6-4-3-5-7-17/h3-11,15,19,21H,12-14H2,1-2H3,(H,24,27). The molecule has 1 N–H and O–H groups in total. The van der Waals surface area contributed by atoms with Crippen LogP contribution in [0, 0.1) is 5.92 Å². The molecule has 1 atom stereocenters. The van der Waals surface area contributed by atoms with Gasteiger partial charge in [0.15, 0.2) is 5.82 Å². The third-order valence-corrected chi connectivity index (χ3v) is 5.07. The summed E-state index contributed by atoms with van der Waals surface area (Å²) in [6.07, 6.45) is 2.56. The Kier molecular flexibility index (Phi) is 5.24. The van der Waals surface area contributed by atoms with E-state index < -0.39 is 0 Å². The molecule has 3 aromatic rings. The Morgan fingerprint density at radius 2 is 1.75 bits per heavy atom. The van der Waals surface area contributed by atoms with Crippen molar-refractivity contribution >= 4 is 5.91 Å². The Morgan fingerprint density at radius 1 is 1.07 bits per heavy atom. The third kappa shape index (κ3) is 4.30. The molecule has 0 radical (unpaired) electrons. The minimum absolute atomic E-state index is 0.0441. The van der Waals surface area contributed by atoms with E-state index in [0.717, 1.165) is 29.8 Å². The van der Waals surface area contributed by atoms with E-state index in [4.69, 9.17) is 4.52 Å². The molecular formula is C23H25N3O2. The molecule has 2 aromatic carbocycles. The molecule has 5 nitrogen and oxygen atoms in total. The number of nitrogens with one attached hydrogen (secondary N) is 1. The molecule has 0 bridgehead atoms. The highest BCUT2D eigenvalue weighted by Crippen LogP contribution is 2.38. The molecule has 1 aliphatic rings. The van der Waals surface area contributed by atoms with Gasteiger partial charge in [0.2, 0.25) is 11.8 Å². The average Bonchev–Trinajstić information content (AvgIpc) is 3.44. The first kappa shape index (κ1) is 18.4. The fraction of sp³-hybridized carbons (Fsp3) is 0.348. The maximum atomic E-state index is 12.6. The number of rotatable bonds is 7. The van der Waals surface area contributed by atoms with Crippen LogP contribution in [0.3, 0.4) is 0 Å². The summed E-state index contributed by atoms with van der Waals surface area (Å²) in [5.41, 5.74) is 3.29. The summed E-state index contributed by atoms with van der Waals surface area (Å²) in [4.78, 5) is 17.1. The summed E-state index contributed by atoms with van der Waals surface area (Å²) < 4.78 is 5.43. The van der Waals surface area contributed by atoms with Gasteiger partial charge in [-0.2, -0.15) is 4.98 Å². The monoisotopic (exact) mass is 375 g/mol. The van der Waals surface area contributed by atoms with Crippen molar-refractivity contribution < 1.29 is 9.32 Å². The number of amides is 1. The largest absolute Gasteiger partial charge is 0.344 e. The van der Waals surface area contributed by atoms with E-state index in [2.05, 4.69) is 39.7 Å². The zero-order valence-electron chi connectivity index (χ0n) is 16.3. The number of aromatic nitrogens is 2. The maximum Gasteiger partial charge on any atom is 0.249 e. The van der Waals surface area contributed by atoms with Crippen molar-refractivity contribution in [1.29, 1.82) is 0 Å². The molecule has 1 aromatic heterocycles. The summed E-state index contributed by atoms with van der Waals surface area (Å²) in [5.74, 6) is 1.83. The number of carbonyl (C=O) groups excluding carboxylic acids is 1. The molecule has 144 valence electrons. The second kappa shape index (κ2) is 7.97. The van der Waals surface area contributed by atoms with Crippen LogP contribution in [-0.2, 0) is 11.2 Å². The zero-order chi connectivity index (χ0) is 19.5. The lowest BCUT2D eigenvalue weighted by molar-refractivity contribution is -0.121. The molecule has 1 saturated carbocycles. The summed E-state index contributed by atoms with van der Waals surface area (Å²) in [6, 6.07) is 18.1. The number of carbonyl (C=O) groups is 1. The molecule has 5 heteroatoms. The van der Waals surface area contributed by atoms with Gasteiger partial charge in [-0.15, -0.1) is 0 Å². The Bertz CT molecular complexity index is 928. The van der Waals surface area contributed by atoms with Crippen molar-refractivity contribution in [1.82, 2.24) is 15.5 Å². The molecule has 1 amide bonds. The highest BCUT2D eigenvalue weighted by molar-refractivity contribution is 5.79. The number of nitrogens with zero attached hydrogens (tertiary/aromatic N) is 2. The average molecular weight is 375 g/mol. The van der Waals surface area contributed by atoms with Gasteiger partial charge in [-0.1, -0.05) is 73.6 Å². The molecule has 0 aliphatic heterocycles. The molecule has 28 heavy (non-hydrogen) atoms. The summed E-state index contributed by atoms with van der Waals surface area (Å²) >= 11 is 0. The first-order chi connectivity index (χ1) is 13.6. The molecule has 4 rings (SSSR count). The van der Waals surface area contributed by atoms with E-state index >= 15 is 0 Å². The number of hydrogen-bond donors (Lipinski definition) is 1. The molecule has 0 spiro atoms. The highest BCUT2D eigenvalue weighted by Gasteiger charge is 2.31. The predicted molar refractivity (Wildman–Crippen MR) is 108 cm³/mol. The first-order valence-corrected chi connectivity index (χ1v) is 9.87. The van der Waals surface area contributed by atoms with E-state index in [-0.39, 0.29) is 17.9 Å². The van der Waals surface area contributed by atoms with Crippen molar-refractivity contribution in [3.63, 3.8) is 0 Å². The molecule has 1 unspecified atom stereocenters. The van der Waals surface area contributed by atoms with E-state index in [0.29, 0.717) is 18.2 Å². The Hall–Kier alpha value is -2.95. The van der Waals surface area contributed by atoms with Crippen LogP contribution in [0.1, 0.15) is 55.9 Å². The molecule has 1 heterocycles. The fourth-order valence-corrected chi connectivity index (χ4v) is 3.25. The summed E-state index contributed by atoms with van der Waals surface area (Å²) in [5, 5.41) is 7.14. The van der Waals surface area contributed by atoms with Gasteiger partial charge in [0.05, 0.1) is 6.42 Å². The topological polar surface area (TPSA) is 68.0 Å². The van der Waals surface area contributed by atoms with Crippen LogP contribution in [0.5, 0.6) is 0 Å². The third-order valence-electron chi connectivity index (χ3n) is 5.07. The van der Waals surface area contributed by atoms with Gasteiger partial charge < -0.3 is 9.84 Å². The van der Waals surface area contributed by atoms with Crippen LogP contribution in [-0.4, -0.2) is 16.0 Å². The van der Waals surface area contributed by atoms with Crippen molar-refractivity contribution in [2.75, 3.05) is 0 Å². The predicted octanol–water partition coefficient (Wildman–Crippen LogP) is 4.67. The van der Waals surface area contributed by atoms with Crippen molar-refractivity contribution in [3.05, 3.63) is 71.9 Å². The lowest BCUT2D eigenvalue weighted by Gasteiger charge is -2.18. The normalized spacial score (nSPS) is 14.8. The second-order valence-electron chi connectivity index (χ2n) is 7.79. The minimum atomic E-state index is -0.268. The van der Waals surface area contributed by atoms with Crippen molar-refractivity contribution in [2.45, 2.75) is 45.1 Å². The van der Waals surface area contributed by atoms with Gasteiger partial charge in [0.25, 0.3) is 0 Å². The SMILES string of the molecule is CC(C)C(NC(=O)Cc1ccc(-c2ccccc2)cc1)c1nc(C2CC2)no1. The molecule has 1 aliphatic carbocycles. The van der Waals surface area contributed by atoms with Crippen LogP contribution in [0.25, 0.3) is 11.1 Å². The van der Waals surface area contributed by atoms with Crippen LogP contribution < -0.4 is 5.32 Å². The summed E-state index contributed by atoms with van der Waals surface area (Å²) in [6.45, 7) is 4.08. The van der Waals surface area contributed by atoms with Crippen LogP contribution in [0.15, 0.2) is 59.1 Å². The van der Waals surface area contributed by atoms with Gasteiger partial charge in [-0.3, -0.25) is 4.79 Å². The lowest BCUT2D eigenvalue weighted by Crippen LogP contribution is -2.33. The van der Waals surface area contributed by atoms with Gasteiger partial charge in [-0.05, 0) is 35.4 Å². The van der Waals surface area contributed by atoms with E-state index in [1.165, 1.54) is 5.56 Å². The van der Waals surface area contributed by atoms with Crippen LogP contribution in [0.2, 0.25) is 0 Å². The fourth-order valence-electron chi connectivity index (χ4n) is 3.25. The molecule has 1 fully saturated rings. The smallest absolute Gasteiger partial charge is 0.249 e. The number of benzene rings is 2. The minimum Gasteiger partial charge on any atom is -0.344 e. The lowest BCUT2D eigenvalue weighted by atomic mass is 10.0. The van der Waals surface area contributed by atoms with Crippen LogP contribution in [0.4, 0.5) is 0 Å². The quantitative estimate of drug-likeness (QED) is 0.651.